The maximum absolute atomic E-state index is 12.0. The van der Waals surface area contributed by atoms with Crippen LogP contribution in [0.25, 0.3) is 0 Å². The number of hydrogen-bond donors (Lipinski definition) is 2. The molecule has 6 heteroatoms. The van der Waals surface area contributed by atoms with Crippen molar-refractivity contribution in [3.8, 4) is 0 Å². The van der Waals surface area contributed by atoms with Gasteiger partial charge < -0.3 is 15.2 Å². The van der Waals surface area contributed by atoms with E-state index in [1.54, 1.807) is 11.9 Å². The van der Waals surface area contributed by atoms with Gasteiger partial charge in [0.15, 0.2) is 0 Å². The molecule has 3 unspecified atom stereocenters. The van der Waals surface area contributed by atoms with E-state index < -0.39 is 11.9 Å². The molecule has 122 valence electrons. The first-order chi connectivity index (χ1) is 9.81. The summed E-state index contributed by atoms with van der Waals surface area (Å²) in [5.74, 6) is -0.861. The summed E-state index contributed by atoms with van der Waals surface area (Å²) in [4.78, 5) is 24.9. The van der Waals surface area contributed by atoms with Crippen molar-refractivity contribution in [3.05, 3.63) is 0 Å². The molecule has 0 aromatic carbocycles. The quantitative estimate of drug-likeness (QED) is 0.698. The van der Waals surface area contributed by atoms with Crippen LogP contribution in [-0.2, 0) is 14.3 Å². The highest BCUT2D eigenvalue weighted by atomic mass is 16.5. The molecule has 21 heavy (non-hydrogen) atoms. The molecular formula is C15H28N2O4. The van der Waals surface area contributed by atoms with Crippen molar-refractivity contribution in [1.82, 2.24) is 10.2 Å². The first-order valence-corrected chi connectivity index (χ1v) is 7.61. The number of carbonyl (C=O) groups excluding carboxylic acids is 1. The van der Waals surface area contributed by atoms with Crippen LogP contribution < -0.4 is 5.32 Å². The topological polar surface area (TPSA) is 78.9 Å². The summed E-state index contributed by atoms with van der Waals surface area (Å²) in [5, 5.41) is 12.1. The molecule has 1 heterocycles. The highest BCUT2D eigenvalue weighted by Crippen LogP contribution is 2.18. The number of carboxylic acid groups (broad SMARTS) is 1. The minimum atomic E-state index is -0.866. The first kappa shape index (κ1) is 17.9. The molecule has 2 N–H and O–H groups in total. The van der Waals surface area contributed by atoms with Crippen molar-refractivity contribution in [3.63, 3.8) is 0 Å². The Hall–Kier alpha value is -1.14. The molecule has 6 nitrogen and oxygen atoms in total. The summed E-state index contributed by atoms with van der Waals surface area (Å²) in [7, 11) is 1.77. The third kappa shape index (κ3) is 6.01. The number of aliphatic carboxylic acids is 1. The van der Waals surface area contributed by atoms with E-state index in [4.69, 9.17) is 9.84 Å². The Morgan fingerprint density at radius 3 is 2.52 bits per heavy atom. The molecule has 1 rings (SSSR count). The van der Waals surface area contributed by atoms with Crippen molar-refractivity contribution in [2.24, 2.45) is 11.8 Å². The van der Waals surface area contributed by atoms with Crippen LogP contribution >= 0.6 is 0 Å². The van der Waals surface area contributed by atoms with Crippen LogP contribution in [0.3, 0.4) is 0 Å². The van der Waals surface area contributed by atoms with E-state index in [-0.39, 0.29) is 31.1 Å². The van der Waals surface area contributed by atoms with Gasteiger partial charge in [0.1, 0.15) is 0 Å². The van der Waals surface area contributed by atoms with Crippen LogP contribution in [0.15, 0.2) is 0 Å². The van der Waals surface area contributed by atoms with Crippen LogP contribution in [0, 0.1) is 11.8 Å². The van der Waals surface area contributed by atoms with Gasteiger partial charge in [0, 0.05) is 12.1 Å². The van der Waals surface area contributed by atoms with Crippen molar-refractivity contribution in [2.75, 3.05) is 26.8 Å². The summed E-state index contributed by atoms with van der Waals surface area (Å²) in [6, 6.07) is -0.0948. The monoisotopic (exact) mass is 300 g/mol. The van der Waals surface area contributed by atoms with Gasteiger partial charge in [0.2, 0.25) is 5.91 Å². The highest BCUT2D eigenvalue weighted by Gasteiger charge is 2.37. The normalized spacial score (nSPS) is 23.5. The van der Waals surface area contributed by atoms with Crippen molar-refractivity contribution in [1.29, 1.82) is 0 Å². The molecule has 1 amide bonds. The standard InChI is InChI=1S/C15H28N2O4/c1-10(2)5-6-11(3)16-14(18)7-17(4)13-9-21-8-12(13)15(19)20/h10-13H,5-9H2,1-4H3,(H,16,18)(H,19,20). The van der Waals surface area contributed by atoms with E-state index >= 15 is 0 Å². The number of amides is 1. The lowest BCUT2D eigenvalue weighted by Gasteiger charge is -2.26. The first-order valence-electron chi connectivity index (χ1n) is 7.61. The molecule has 0 radical (unpaired) electrons. The summed E-state index contributed by atoms with van der Waals surface area (Å²) < 4.78 is 5.23. The largest absolute Gasteiger partial charge is 0.481 e. The molecule has 0 bridgehead atoms. The second-order valence-corrected chi connectivity index (χ2v) is 6.40. The third-order valence-corrected chi connectivity index (χ3v) is 3.91. The summed E-state index contributed by atoms with van der Waals surface area (Å²) in [5.41, 5.74) is 0. The SMILES string of the molecule is CC(C)CCC(C)NC(=O)CN(C)C1COCC1C(=O)O. The lowest BCUT2D eigenvalue weighted by atomic mass is 10.0. The number of hydrogen-bond acceptors (Lipinski definition) is 4. The number of likely N-dealkylation sites (N-methyl/N-ethyl adjacent to an activating group) is 1. The smallest absolute Gasteiger partial charge is 0.310 e. The van der Waals surface area contributed by atoms with Gasteiger partial charge in [0.25, 0.3) is 0 Å². The molecule has 3 atom stereocenters. The number of carbonyl (C=O) groups is 2. The molecule has 1 saturated heterocycles. The second kappa shape index (κ2) is 8.34. The fraction of sp³-hybridized carbons (Fsp3) is 0.867. The number of rotatable bonds is 8. The molecule has 1 aliphatic rings. The fourth-order valence-electron chi connectivity index (χ4n) is 2.53. The molecule has 0 spiro atoms. The average Bonchev–Trinajstić information content (AvgIpc) is 2.85. The Kier molecular flexibility index (Phi) is 7.11. The maximum Gasteiger partial charge on any atom is 0.310 e. The molecule has 0 aliphatic carbocycles. The minimum Gasteiger partial charge on any atom is -0.481 e. The van der Waals surface area contributed by atoms with E-state index in [0.29, 0.717) is 12.5 Å². The predicted molar refractivity (Wildman–Crippen MR) is 80.0 cm³/mol. The molecular weight excluding hydrogens is 272 g/mol. The summed E-state index contributed by atoms with van der Waals surface area (Å²) >= 11 is 0. The summed E-state index contributed by atoms with van der Waals surface area (Å²) in [6.07, 6.45) is 2.03. The van der Waals surface area contributed by atoms with E-state index in [1.807, 2.05) is 6.92 Å². The van der Waals surface area contributed by atoms with Crippen LogP contribution in [0.4, 0.5) is 0 Å². The number of ether oxygens (including phenoxy) is 1. The Morgan fingerprint density at radius 2 is 1.95 bits per heavy atom. The van der Waals surface area contributed by atoms with Gasteiger partial charge in [-0.15, -0.1) is 0 Å². The van der Waals surface area contributed by atoms with Crippen molar-refractivity contribution in [2.45, 2.75) is 45.7 Å². The second-order valence-electron chi connectivity index (χ2n) is 6.40. The molecule has 1 fully saturated rings. The Morgan fingerprint density at radius 1 is 1.29 bits per heavy atom. The van der Waals surface area contributed by atoms with Gasteiger partial charge >= 0.3 is 5.97 Å². The zero-order valence-corrected chi connectivity index (χ0v) is 13.5. The van der Waals surface area contributed by atoms with Gasteiger partial charge in [-0.05, 0) is 32.7 Å². The predicted octanol–water partition coefficient (Wildman–Crippen LogP) is 0.959. The average molecular weight is 300 g/mol. The Balaban J connectivity index is 2.38. The van der Waals surface area contributed by atoms with E-state index in [9.17, 15) is 9.59 Å². The lowest BCUT2D eigenvalue weighted by molar-refractivity contribution is -0.143. The Bertz CT molecular complexity index is 360. The van der Waals surface area contributed by atoms with Gasteiger partial charge in [-0.1, -0.05) is 13.8 Å². The molecule has 0 aromatic heterocycles. The summed E-state index contributed by atoms with van der Waals surface area (Å²) in [6.45, 7) is 7.10. The van der Waals surface area contributed by atoms with E-state index in [2.05, 4.69) is 19.2 Å². The fourth-order valence-corrected chi connectivity index (χ4v) is 2.53. The van der Waals surface area contributed by atoms with Gasteiger partial charge in [0.05, 0.1) is 25.7 Å². The van der Waals surface area contributed by atoms with Gasteiger partial charge in [-0.3, -0.25) is 14.5 Å². The minimum absolute atomic E-state index is 0.0650. The molecule has 1 aliphatic heterocycles. The molecule has 0 saturated carbocycles. The zero-order valence-electron chi connectivity index (χ0n) is 13.5. The van der Waals surface area contributed by atoms with Crippen LogP contribution in [0.2, 0.25) is 0 Å². The Labute approximate surface area is 126 Å². The van der Waals surface area contributed by atoms with Gasteiger partial charge in [-0.2, -0.15) is 0 Å². The van der Waals surface area contributed by atoms with Crippen LogP contribution in [0.1, 0.15) is 33.6 Å². The maximum atomic E-state index is 12.0. The number of nitrogens with one attached hydrogen (secondary N) is 1. The highest BCUT2D eigenvalue weighted by molar-refractivity contribution is 5.78. The van der Waals surface area contributed by atoms with Crippen molar-refractivity contribution >= 4 is 11.9 Å². The number of carboxylic acids is 1. The van der Waals surface area contributed by atoms with Crippen LogP contribution in [-0.4, -0.2) is 60.8 Å². The van der Waals surface area contributed by atoms with Gasteiger partial charge in [-0.25, -0.2) is 0 Å². The van der Waals surface area contributed by atoms with Crippen molar-refractivity contribution < 1.29 is 19.4 Å². The molecule has 0 aromatic rings. The zero-order chi connectivity index (χ0) is 16.0. The van der Waals surface area contributed by atoms with E-state index in [0.717, 1.165) is 12.8 Å². The van der Waals surface area contributed by atoms with E-state index in [1.165, 1.54) is 0 Å². The lowest BCUT2D eigenvalue weighted by Crippen LogP contribution is -2.47. The van der Waals surface area contributed by atoms with Crippen LogP contribution in [0.5, 0.6) is 0 Å². The number of nitrogens with zero attached hydrogens (tertiary/aromatic N) is 1. The third-order valence-electron chi connectivity index (χ3n) is 3.91.